The summed E-state index contributed by atoms with van der Waals surface area (Å²) in [4.78, 5) is -0.202. The average molecular weight is 381 g/mol. The van der Waals surface area contributed by atoms with Gasteiger partial charge in [0, 0.05) is 12.3 Å². The quantitative estimate of drug-likeness (QED) is 0.705. The van der Waals surface area contributed by atoms with Crippen molar-refractivity contribution in [3.63, 3.8) is 0 Å². The van der Waals surface area contributed by atoms with Gasteiger partial charge in [0.1, 0.15) is 4.90 Å². The van der Waals surface area contributed by atoms with E-state index >= 15 is 0 Å². The SMILES string of the molecule is CCOc1cc(C#N)ccc1OS(=O)(=O)c1ccc(S(C)(=O)=O)cc1. The molecule has 0 spiro atoms. The molecule has 2 aromatic rings. The summed E-state index contributed by atoms with van der Waals surface area (Å²) in [5, 5.41) is 8.91. The van der Waals surface area contributed by atoms with Gasteiger partial charge in [0.05, 0.1) is 23.1 Å². The molecule has 132 valence electrons. The first-order chi connectivity index (χ1) is 11.7. The highest BCUT2D eigenvalue weighted by Gasteiger charge is 2.20. The minimum atomic E-state index is -4.19. The molecule has 0 radical (unpaired) electrons. The number of sulfone groups is 1. The van der Waals surface area contributed by atoms with E-state index in [2.05, 4.69) is 0 Å². The Labute approximate surface area is 146 Å². The first-order valence-corrected chi connectivity index (χ1v) is 10.4. The molecular formula is C16H15NO6S2. The van der Waals surface area contributed by atoms with Crippen LogP contribution in [0, 0.1) is 11.3 Å². The van der Waals surface area contributed by atoms with Crippen LogP contribution < -0.4 is 8.92 Å². The van der Waals surface area contributed by atoms with Gasteiger partial charge in [-0.25, -0.2) is 8.42 Å². The normalized spacial score (nSPS) is 11.6. The Morgan fingerprint density at radius 3 is 2.08 bits per heavy atom. The van der Waals surface area contributed by atoms with E-state index in [0.717, 1.165) is 18.4 Å². The van der Waals surface area contributed by atoms with E-state index in [0.29, 0.717) is 5.56 Å². The van der Waals surface area contributed by atoms with Crippen molar-refractivity contribution in [3.8, 4) is 17.6 Å². The van der Waals surface area contributed by atoms with Crippen molar-refractivity contribution in [1.29, 1.82) is 5.26 Å². The molecule has 2 aromatic carbocycles. The molecule has 0 unspecified atom stereocenters. The van der Waals surface area contributed by atoms with Crippen molar-refractivity contribution in [2.75, 3.05) is 12.9 Å². The standard InChI is InChI=1S/C16H15NO6S2/c1-3-22-16-10-12(11-17)4-9-15(16)23-25(20,21)14-7-5-13(6-8-14)24(2,18)19/h4-10H,3H2,1-2H3. The van der Waals surface area contributed by atoms with Crippen LogP contribution in [0.1, 0.15) is 12.5 Å². The minimum Gasteiger partial charge on any atom is -0.490 e. The molecule has 0 atom stereocenters. The highest BCUT2D eigenvalue weighted by Crippen LogP contribution is 2.31. The van der Waals surface area contributed by atoms with E-state index in [-0.39, 0.29) is 27.9 Å². The maximum Gasteiger partial charge on any atom is 0.339 e. The zero-order valence-corrected chi connectivity index (χ0v) is 15.1. The molecule has 0 aromatic heterocycles. The third-order valence-corrected chi connectivity index (χ3v) is 5.49. The molecule has 0 N–H and O–H groups in total. The lowest BCUT2D eigenvalue weighted by Gasteiger charge is -2.12. The fourth-order valence-electron chi connectivity index (χ4n) is 1.93. The van der Waals surface area contributed by atoms with E-state index < -0.39 is 20.0 Å². The van der Waals surface area contributed by atoms with E-state index in [1.807, 2.05) is 6.07 Å². The number of nitrogens with zero attached hydrogens (tertiary/aromatic N) is 1. The van der Waals surface area contributed by atoms with Crippen LogP contribution in [0.5, 0.6) is 11.5 Å². The van der Waals surface area contributed by atoms with Gasteiger partial charge in [0.25, 0.3) is 0 Å². The monoisotopic (exact) mass is 381 g/mol. The van der Waals surface area contributed by atoms with Crippen molar-refractivity contribution >= 4 is 20.0 Å². The van der Waals surface area contributed by atoms with Crippen molar-refractivity contribution in [2.45, 2.75) is 16.7 Å². The van der Waals surface area contributed by atoms with Gasteiger partial charge in [0.2, 0.25) is 0 Å². The molecule has 9 heteroatoms. The smallest absolute Gasteiger partial charge is 0.339 e. The predicted molar refractivity (Wildman–Crippen MR) is 89.7 cm³/mol. The van der Waals surface area contributed by atoms with Crippen LogP contribution in [0.3, 0.4) is 0 Å². The molecule has 0 bridgehead atoms. The third kappa shape index (κ3) is 4.49. The van der Waals surface area contributed by atoms with E-state index in [1.54, 1.807) is 6.92 Å². The summed E-state index contributed by atoms with van der Waals surface area (Å²) in [5.74, 6) is 0.0610. The number of nitriles is 1. The second-order valence-corrected chi connectivity index (χ2v) is 8.55. The van der Waals surface area contributed by atoms with Crippen LogP contribution >= 0.6 is 0 Å². The highest BCUT2D eigenvalue weighted by molar-refractivity contribution is 7.90. The second kappa shape index (κ2) is 7.13. The minimum absolute atomic E-state index is 0.000159. The van der Waals surface area contributed by atoms with Gasteiger partial charge in [-0.05, 0) is 43.3 Å². The van der Waals surface area contributed by atoms with Gasteiger partial charge < -0.3 is 8.92 Å². The first kappa shape index (κ1) is 18.8. The Kier molecular flexibility index (Phi) is 5.35. The van der Waals surface area contributed by atoms with Crippen molar-refractivity contribution in [1.82, 2.24) is 0 Å². The summed E-state index contributed by atoms with van der Waals surface area (Å²) in [5.41, 5.74) is 0.297. The zero-order valence-electron chi connectivity index (χ0n) is 13.5. The van der Waals surface area contributed by atoms with Crippen LogP contribution in [-0.4, -0.2) is 29.7 Å². The van der Waals surface area contributed by atoms with Gasteiger partial charge in [-0.1, -0.05) is 0 Å². The zero-order chi connectivity index (χ0) is 18.7. The van der Waals surface area contributed by atoms with E-state index in [4.69, 9.17) is 14.2 Å². The topological polar surface area (TPSA) is 111 Å². The van der Waals surface area contributed by atoms with Crippen LogP contribution in [0.2, 0.25) is 0 Å². The molecule has 7 nitrogen and oxygen atoms in total. The predicted octanol–water partition coefficient (Wildman–Crippen LogP) is 2.13. The average Bonchev–Trinajstić information content (AvgIpc) is 2.56. The molecule has 0 heterocycles. The molecule has 0 aliphatic heterocycles. The Bertz CT molecular complexity index is 1020. The number of benzene rings is 2. The maximum atomic E-state index is 12.4. The molecule has 0 aliphatic carbocycles. The summed E-state index contributed by atoms with van der Waals surface area (Å²) in [6.07, 6.45) is 1.03. The highest BCUT2D eigenvalue weighted by atomic mass is 32.2. The molecule has 0 aliphatic rings. The van der Waals surface area contributed by atoms with Crippen molar-refractivity contribution in [3.05, 3.63) is 48.0 Å². The Morgan fingerprint density at radius 1 is 0.960 bits per heavy atom. The third-order valence-electron chi connectivity index (χ3n) is 3.11. The summed E-state index contributed by atoms with van der Waals surface area (Å²) in [7, 11) is -7.63. The van der Waals surface area contributed by atoms with Crippen LogP contribution in [-0.2, 0) is 20.0 Å². The lowest BCUT2D eigenvalue weighted by Crippen LogP contribution is -2.11. The second-order valence-electron chi connectivity index (χ2n) is 4.99. The Balaban J connectivity index is 2.37. The maximum absolute atomic E-state index is 12.4. The first-order valence-electron chi connectivity index (χ1n) is 7.09. The largest absolute Gasteiger partial charge is 0.490 e. The molecule has 2 rings (SSSR count). The molecular weight excluding hydrogens is 366 g/mol. The van der Waals surface area contributed by atoms with Crippen LogP contribution in [0.25, 0.3) is 0 Å². The fourth-order valence-corrected chi connectivity index (χ4v) is 3.50. The molecule has 25 heavy (non-hydrogen) atoms. The summed E-state index contributed by atoms with van der Waals surface area (Å²) in [6.45, 7) is 1.97. The number of rotatable bonds is 6. The van der Waals surface area contributed by atoms with E-state index in [1.165, 1.54) is 30.3 Å². The number of hydrogen-bond donors (Lipinski definition) is 0. The number of ether oxygens (including phenoxy) is 1. The van der Waals surface area contributed by atoms with Crippen molar-refractivity contribution < 1.29 is 25.8 Å². The molecule has 0 saturated carbocycles. The van der Waals surface area contributed by atoms with Gasteiger partial charge >= 0.3 is 10.1 Å². The van der Waals surface area contributed by atoms with Gasteiger partial charge in [0.15, 0.2) is 21.3 Å². The van der Waals surface area contributed by atoms with Gasteiger partial charge in [-0.3, -0.25) is 0 Å². The van der Waals surface area contributed by atoms with Crippen LogP contribution in [0.15, 0.2) is 52.3 Å². The molecule has 0 amide bonds. The lowest BCUT2D eigenvalue weighted by atomic mass is 10.2. The molecule has 0 fully saturated rings. The van der Waals surface area contributed by atoms with Gasteiger partial charge in [-0.15, -0.1) is 0 Å². The Hall–Kier alpha value is -2.57. The van der Waals surface area contributed by atoms with E-state index in [9.17, 15) is 16.8 Å². The summed E-state index contributed by atoms with van der Waals surface area (Å²) < 4.78 is 58.0. The van der Waals surface area contributed by atoms with Crippen LogP contribution in [0.4, 0.5) is 0 Å². The summed E-state index contributed by atoms with van der Waals surface area (Å²) >= 11 is 0. The Morgan fingerprint density at radius 2 is 1.56 bits per heavy atom. The lowest BCUT2D eigenvalue weighted by molar-refractivity contribution is 0.327. The fraction of sp³-hybridized carbons (Fsp3) is 0.188. The van der Waals surface area contributed by atoms with Crippen molar-refractivity contribution in [2.24, 2.45) is 0 Å². The van der Waals surface area contributed by atoms with Gasteiger partial charge in [-0.2, -0.15) is 13.7 Å². The summed E-state index contributed by atoms with van der Waals surface area (Å²) in [6, 6.07) is 10.7. The number of hydrogen-bond acceptors (Lipinski definition) is 7. The molecule has 0 saturated heterocycles.